The summed E-state index contributed by atoms with van der Waals surface area (Å²) in [5, 5.41) is 5.52. The average Bonchev–Trinajstić information content (AvgIpc) is 3.29. The zero-order chi connectivity index (χ0) is 21.0. The maximum Gasteiger partial charge on any atom is 0.159 e. The molecule has 3 atom stereocenters. The van der Waals surface area contributed by atoms with E-state index in [2.05, 4.69) is 45.0 Å². The van der Waals surface area contributed by atoms with Crippen LogP contribution >= 0.6 is 0 Å². The summed E-state index contributed by atoms with van der Waals surface area (Å²) in [6.07, 6.45) is 1.98. The van der Waals surface area contributed by atoms with E-state index in [-0.39, 0.29) is 12.1 Å². The monoisotopic (exact) mass is 407 g/mol. The molecule has 2 N–H and O–H groups in total. The van der Waals surface area contributed by atoms with Gasteiger partial charge < -0.3 is 20.3 Å². The molecule has 8 nitrogen and oxygen atoms in total. The highest BCUT2D eigenvalue weighted by Gasteiger charge is 2.32. The highest BCUT2D eigenvalue weighted by Crippen LogP contribution is 2.35. The summed E-state index contributed by atoms with van der Waals surface area (Å²) in [5.41, 5.74) is 11.8. The van der Waals surface area contributed by atoms with Crippen molar-refractivity contribution in [3.63, 3.8) is 0 Å². The van der Waals surface area contributed by atoms with E-state index in [0.717, 1.165) is 48.7 Å². The number of hydrogen-bond donors (Lipinski definition) is 1. The summed E-state index contributed by atoms with van der Waals surface area (Å²) in [6.45, 7) is 7.61. The SMILES string of the molecule is CO[C@@H]1CN(c2ccc3c(n2)[C@@H](C)CN(c2cc(C)nc4c2cnn4C)C3)C[C@H]1N. The van der Waals surface area contributed by atoms with Gasteiger partial charge >= 0.3 is 0 Å². The number of pyridine rings is 2. The van der Waals surface area contributed by atoms with Crippen molar-refractivity contribution in [1.29, 1.82) is 0 Å². The standard InChI is InChI=1S/C22H29N7O/c1-13-9-28(18-7-14(2)25-22-16(18)8-24-27(22)3)10-15-5-6-20(26-21(13)15)29-11-17(23)19(12-29)30-4/h5-8,13,17,19H,9-12,23H2,1-4H3/t13-,17+,19+/m0/s1. The summed E-state index contributed by atoms with van der Waals surface area (Å²) < 4.78 is 7.35. The van der Waals surface area contributed by atoms with E-state index in [4.69, 9.17) is 15.5 Å². The molecule has 5 rings (SSSR count). The summed E-state index contributed by atoms with van der Waals surface area (Å²) in [4.78, 5) is 14.4. The number of nitrogens with two attached hydrogens (primary N) is 1. The first kappa shape index (κ1) is 19.3. The topological polar surface area (TPSA) is 85.3 Å². The van der Waals surface area contributed by atoms with Crippen LogP contribution in [0.5, 0.6) is 0 Å². The van der Waals surface area contributed by atoms with Gasteiger partial charge in [-0.2, -0.15) is 5.10 Å². The van der Waals surface area contributed by atoms with Crippen LogP contribution in [0.1, 0.15) is 29.8 Å². The lowest BCUT2D eigenvalue weighted by Gasteiger charge is -2.35. The second-order valence-corrected chi connectivity index (χ2v) is 8.63. The van der Waals surface area contributed by atoms with Gasteiger partial charge in [0.25, 0.3) is 0 Å². The van der Waals surface area contributed by atoms with Crippen LogP contribution in [0, 0.1) is 6.92 Å². The van der Waals surface area contributed by atoms with Crippen molar-refractivity contribution in [2.24, 2.45) is 12.8 Å². The van der Waals surface area contributed by atoms with Gasteiger partial charge in [0.15, 0.2) is 5.65 Å². The number of anilines is 2. The molecule has 8 heteroatoms. The molecule has 158 valence electrons. The number of aromatic nitrogens is 4. The van der Waals surface area contributed by atoms with Crippen molar-refractivity contribution in [3.05, 3.63) is 41.3 Å². The van der Waals surface area contributed by atoms with Crippen LogP contribution < -0.4 is 15.5 Å². The van der Waals surface area contributed by atoms with Crippen LogP contribution in [0.25, 0.3) is 11.0 Å². The first-order valence-corrected chi connectivity index (χ1v) is 10.5. The lowest BCUT2D eigenvalue weighted by molar-refractivity contribution is 0.108. The Morgan fingerprint density at radius 1 is 1.13 bits per heavy atom. The number of fused-ring (bicyclic) bond motifs is 2. The molecule has 0 spiro atoms. The highest BCUT2D eigenvalue weighted by atomic mass is 16.5. The normalized spacial score (nSPS) is 24.0. The second-order valence-electron chi connectivity index (χ2n) is 8.63. The van der Waals surface area contributed by atoms with Crippen molar-refractivity contribution in [1.82, 2.24) is 19.7 Å². The third-order valence-corrected chi connectivity index (χ3v) is 6.41. The first-order valence-electron chi connectivity index (χ1n) is 10.5. The van der Waals surface area contributed by atoms with Gasteiger partial charge in [0.2, 0.25) is 0 Å². The Labute approximate surface area is 176 Å². The highest BCUT2D eigenvalue weighted by molar-refractivity contribution is 5.89. The third kappa shape index (κ3) is 3.11. The first-order chi connectivity index (χ1) is 14.4. The predicted octanol–water partition coefficient (Wildman–Crippen LogP) is 1.96. The molecule has 0 bridgehead atoms. The maximum atomic E-state index is 6.21. The fourth-order valence-corrected chi connectivity index (χ4v) is 4.82. The Morgan fingerprint density at radius 2 is 1.97 bits per heavy atom. The number of rotatable bonds is 3. The number of methoxy groups -OCH3 is 1. The molecule has 0 radical (unpaired) electrons. The summed E-state index contributed by atoms with van der Waals surface area (Å²) >= 11 is 0. The van der Waals surface area contributed by atoms with Crippen LogP contribution in [0.15, 0.2) is 24.4 Å². The van der Waals surface area contributed by atoms with Gasteiger partial charge in [0.1, 0.15) is 5.82 Å². The van der Waals surface area contributed by atoms with Crippen LogP contribution in [-0.2, 0) is 18.3 Å². The van der Waals surface area contributed by atoms with E-state index in [9.17, 15) is 0 Å². The molecule has 3 aromatic rings. The lowest BCUT2D eigenvalue weighted by atomic mass is 9.95. The minimum atomic E-state index is 0.0255. The summed E-state index contributed by atoms with van der Waals surface area (Å²) in [5.74, 6) is 1.32. The van der Waals surface area contributed by atoms with E-state index in [1.165, 1.54) is 16.9 Å². The zero-order valence-corrected chi connectivity index (χ0v) is 18.0. The Hall–Kier alpha value is -2.71. The van der Waals surface area contributed by atoms with E-state index in [0.29, 0.717) is 5.92 Å². The van der Waals surface area contributed by atoms with Crippen LogP contribution in [-0.4, -0.2) is 58.6 Å². The Kier molecular flexibility index (Phi) is 4.63. The molecule has 2 aliphatic rings. The minimum Gasteiger partial charge on any atom is -0.378 e. The molecule has 0 aromatic carbocycles. The van der Waals surface area contributed by atoms with Crippen LogP contribution in [0.3, 0.4) is 0 Å². The van der Waals surface area contributed by atoms with Crippen LogP contribution in [0.4, 0.5) is 11.5 Å². The maximum absolute atomic E-state index is 6.21. The fraction of sp³-hybridized carbons (Fsp3) is 0.500. The number of hydrogen-bond acceptors (Lipinski definition) is 7. The largest absolute Gasteiger partial charge is 0.378 e. The van der Waals surface area contributed by atoms with Gasteiger partial charge in [-0.05, 0) is 24.6 Å². The predicted molar refractivity (Wildman–Crippen MR) is 118 cm³/mol. The van der Waals surface area contributed by atoms with Crippen molar-refractivity contribution in [2.75, 3.05) is 36.5 Å². The Balaban J connectivity index is 1.46. The Bertz CT molecular complexity index is 1090. The Morgan fingerprint density at radius 3 is 2.73 bits per heavy atom. The molecule has 30 heavy (non-hydrogen) atoms. The summed E-state index contributed by atoms with van der Waals surface area (Å²) in [6, 6.07) is 6.54. The molecular formula is C22H29N7O. The van der Waals surface area contributed by atoms with E-state index in [1.54, 1.807) is 7.11 Å². The molecule has 0 unspecified atom stereocenters. The van der Waals surface area contributed by atoms with E-state index < -0.39 is 0 Å². The number of aryl methyl sites for hydroxylation is 2. The molecule has 5 heterocycles. The van der Waals surface area contributed by atoms with Crippen molar-refractivity contribution < 1.29 is 4.74 Å². The number of nitrogens with zero attached hydrogens (tertiary/aromatic N) is 6. The van der Waals surface area contributed by atoms with Gasteiger partial charge in [0, 0.05) is 51.9 Å². The minimum absolute atomic E-state index is 0.0255. The van der Waals surface area contributed by atoms with Gasteiger partial charge in [-0.1, -0.05) is 13.0 Å². The van der Waals surface area contributed by atoms with Crippen molar-refractivity contribution in [2.45, 2.75) is 38.5 Å². The molecule has 2 aliphatic heterocycles. The van der Waals surface area contributed by atoms with E-state index >= 15 is 0 Å². The molecule has 1 saturated heterocycles. The molecule has 0 amide bonds. The van der Waals surface area contributed by atoms with Crippen LogP contribution in [0.2, 0.25) is 0 Å². The van der Waals surface area contributed by atoms with Crippen molar-refractivity contribution >= 4 is 22.5 Å². The molecule has 0 aliphatic carbocycles. The van der Waals surface area contributed by atoms with Gasteiger partial charge in [-0.15, -0.1) is 0 Å². The fourth-order valence-electron chi connectivity index (χ4n) is 4.82. The van der Waals surface area contributed by atoms with Gasteiger partial charge in [0.05, 0.1) is 35.1 Å². The molecule has 3 aromatic heterocycles. The smallest absolute Gasteiger partial charge is 0.159 e. The lowest BCUT2D eigenvalue weighted by Crippen LogP contribution is -2.34. The van der Waals surface area contributed by atoms with Gasteiger partial charge in [-0.3, -0.25) is 4.68 Å². The average molecular weight is 408 g/mol. The second kappa shape index (κ2) is 7.21. The molecular weight excluding hydrogens is 378 g/mol. The molecule has 1 fully saturated rings. The van der Waals surface area contributed by atoms with E-state index in [1.807, 2.05) is 24.9 Å². The summed E-state index contributed by atoms with van der Waals surface area (Å²) in [7, 11) is 3.67. The quantitative estimate of drug-likeness (QED) is 0.710. The zero-order valence-electron chi connectivity index (χ0n) is 18.0. The number of ether oxygens (including phenoxy) is 1. The molecule has 0 saturated carbocycles. The van der Waals surface area contributed by atoms with Gasteiger partial charge in [-0.25, -0.2) is 9.97 Å². The van der Waals surface area contributed by atoms with Crippen molar-refractivity contribution in [3.8, 4) is 0 Å². The third-order valence-electron chi connectivity index (χ3n) is 6.41.